The zero-order valence-corrected chi connectivity index (χ0v) is 15.4. The van der Waals surface area contributed by atoms with Crippen LogP contribution in [0.2, 0.25) is 0 Å². The van der Waals surface area contributed by atoms with Gasteiger partial charge in [-0.25, -0.2) is 9.97 Å². The number of aromatic nitrogens is 5. The number of anilines is 1. The van der Waals surface area contributed by atoms with Gasteiger partial charge >= 0.3 is 0 Å². The molecule has 2 aromatic heterocycles. The first-order valence-electron chi connectivity index (χ1n) is 9.37. The van der Waals surface area contributed by atoms with Crippen LogP contribution in [0.1, 0.15) is 42.0 Å². The Balaban J connectivity index is 1.56. The first kappa shape index (κ1) is 17.6. The molecule has 0 radical (unpaired) electrons. The molecule has 7 nitrogen and oxygen atoms in total. The number of aliphatic hydroxyl groups is 1. The van der Waals surface area contributed by atoms with Crippen molar-refractivity contribution in [2.24, 2.45) is 0 Å². The van der Waals surface area contributed by atoms with E-state index in [9.17, 15) is 5.11 Å². The van der Waals surface area contributed by atoms with Crippen molar-refractivity contribution in [3.63, 3.8) is 0 Å². The Labute approximate surface area is 158 Å². The molecule has 1 aromatic carbocycles. The van der Waals surface area contributed by atoms with Crippen molar-refractivity contribution in [3.8, 4) is 0 Å². The lowest BCUT2D eigenvalue weighted by Gasteiger charge is -2.32. The lowest BCUT2D eigenvalue weighted by atomic mass is 9.95. The number of piperidine rings is 1. The molecule has 27 heavy (non-hydrogen) atoms. The molecule has 3 heterocycles. The summed E-state index contributed by atoms with van der Waals surface area (Å²) in [5, 5.41) is 18.9. The SMILES string of the molecule is Cc1nnc(C2CCN(c3ncccn3)CC2)n1C(CO)c1ccccc1. The highest BCUT2D eigenvalue weighted by Gasteiger charge is 2.29. The third-order valence-electron chi connectivity index (χ3n) is 5.26. The maximum absolute atomic E-state index is 10.1. The lowest BCUT2D eigenvalue weighted by Crippen LogP contribution is -2.35. The van der Waals surface area contributed by atoms with Crippen LogP contribution >= 0.6 is 0 Å². The minimum atomic E-state index is -0.160. The summed E-state index contributed by atoms with van der Waals surface area (Å²) in [4.78, 5) is 10.9. The molecule has 0 bridgehead atoms. The van der Waals surface area contributed by atoms with Crippen molar-refractivity contribution in [2.75, 3.05) is 24.6 Å². The van der Waals surface area contributed by atoms with E-state index in [1.165, 1.54) is 0 Å². The van der Waals surface area contributed by atoms with Gasteiger partial charge in [-0.15, -0.1) is 10.2 Å². The Morgan fingerprint density at radius 1 is 1.04 bits per heavy atom. The molecule has 0 aliphatic carbocycles. The Hall–Kier alpha value is -2.80. The van der Waals surface area contributed by atoms with Crippen LogP contribution in [0.15, 0.2) is 48.8 Å². The molecule has 1 unspecified atom stereocenters. The summed E-state index contributed by atoms with van der Waals surface area (Å²) in [5.41, 5.74) is 1.07. The van der Waals surface area contributed by atoms with Gasteiger partial charge in [0, 0.05) is 31.4 Å². The highest BCUT2D eigenvalue weighted by atomic mass is 16.3. The molecular formula is C20H24N6O. The molecule has 140 valence electrons. The summed E-state index contributed by atoms with van der Waals surface area (Å²) in [6.45, 7) is 3.74. The van der Waals surface area contributed by atoms with Crippen LogP contribution in [-0.2, 0) is 0 Å². The molecule has 0 amide bonds. The van der Waals surface area contributed by atoms with E-state index in [1.54, 1.807) is 12.4 Å². The minimum Gasteiger partial charge on any atom is -0.394 e. The maximum Gasteiger partial charge on any atom is 0.225 e. The van der Waals surface area contributed by atoms with Crippen molar-refractivity contribution in [3.05, 3.63) is 66.0 Å². The number of hydrogen-bond acceptors (Lipinski definition) is 6. The fourth-order valence-corrected chi connectivity index (χ4v) is 3.85. The van der Waals surface area contributed by atoms with Gasteiger partial charge in [0.1, 0.15) is 11.6 Å². The van der Waals surface area contributed by atoms with E-state index in [1.807, 2.05) is 43.3 Å². The molecule has 7 heteroatoms. The van der Waals surface area contributed by atoms with E-state index in [0.29, 0.717) is 5.92 Å². The van der Waals surface area contributed by atoms with Gasteiger partial charge in [-0.2, -0.15) is 0 Å². The van der Waals surface area contributed by atoms with Gasteiger partial charge in [-0.05, 0) is 31.4 Å². The third kappa shape index (κ3) is 3.55. The molecule has 1 aliphatic heterocycles. The van der Waals surface area contributed by atoms with Crippen molar-refractivity contribution in [2.45, 2.75) is 31.7 Å². The van der Waals surface area contributed by atoms with E-state index in [4.69, 9.17) is 0 Å². The van der Waals surface area contributed by atoms with E-state index >= 15 is 0 Å². The van der Waals surface area contributed by atoms with Crippen LogP contribution in [0, 0.1) is 6.92 Å². The second-order valence-corrected chi connectivity index (χ2v) is 6.89. The molecule has 1 saturated heterocycles. The predicted molar refractivity (Wildman–Crippen MR) is 103 cm³/mol. The maximum atomic E-state index is 10.1. The minimum absolute atomic E-state index is 0.0204. The Morgan fingerprint density at radius 3 is 2.41 bits per heavy atom. The van der Waals surface area contributed by atoms with Gasteiger partial charge in [0.15, 0.2) is 0 Å². The molecule has 0 saturated carbocycles. The van der Waals surface area contributed by atoms with E-state index in [-0.39, 0.29) is 12.6 Å². The molecule has 1 atom stereocenters. The van der Waals surface area contributed by atoms with Gasteiger partial charge in [0.05, 0.1) is 12.6 Å². The molecule has 1 aliphatic rings. The Kier molecular flexibility index (Phi) is 5.11. The first-order valence-corrected chi connectivity index (χ1v) is 9.37. The monoisotopic (exact) mass is 364 g/mol. The number of aliphatic hydroxyl groups excluding tert-OH is 1. The number of benzene rings is 1. The zero-order chi connectivity index (χ0) is 18.6. The van der Waals surface area contributed by atoms with Crippen LogP contribution in [-0.4, -0.2) is 49.5 Å². The molecule has 1 N–H and O–H groups in total. The van der Waals surface area contributed by atoms with Gasteiger partial charge in [0.25, 0.3) is 0 Å². The summed E-state index contributed by atoms with van der Waals surface area (Å²) in [5.74, 6) is 2.89. The smallest absolute Gasteiger partial charge is 0.225 e. The highest BCUT2D eigenvalue weighted by Crippen LogP contribution is 2.31. The van der Waals surface area contributed by atoms with Crippen LogP contribution in [0.5, 0.6) is 0 Å². The number of aryl methyl sites for hydroxylation is 1. The van der Waals surface area contributed by atoms with Crippen molar-refractivity contribution in [1.82, 2.24) is 24.7 Å². The third-order valence-corrected chi connectivity index (χ3v) is 5.26. The summed E-state index contributed by atoms with van der Waals surface area (Å²) < 4.78 is 2.11. The topological polar surface area (TPSA) is 80.0 Å². The summed E-state index contributed by atoms with van der Waals surface area (Å²) in [6, 6.07) is 11.7. The summed E-state index contributed by atoms with van der Waals surface area (Å²) in [6.07, 6.45) is 5.48. The van der Waals surface area contributed by atoms with Crippen molar-refractivity contribution >= 4 is 5.95 Å². The lowest BCUT2D eigenvalue weighted by molar-refractivity contribution is 0.243. The first-order chi connectivity index (χ1) is 13.3. The quantitative estimate of drug-likeness (QED) is 0.749. The van der Waals surface area contributed by atoms with Crippen LogP contribution in [0.4, 0.5) is 5.95 Å². The van der Waals surface area contributed by atoms with Gasteiger partial charge < -0.3 is 14.6 Å². The Morgan fingerprint density at radius 2 is 1.74 bits per heavy atom. The number of hydrogen-bond donors (Lipinski definition) is 1. The van der Waals surface area contributed by atoms with Crippen LogP contribution in [0.25, 0.3) is 0 Å². The van der Waals surface area contributed by atoms with Gasteiger partial charge in [0.2, 0.25) is 5.95 Å². The predicted octanol–water partition coefficient (Wildman–Crippen LogP) is 2.34. The highest BCUT2D eigenvalue weighted by molar-refractivity contribution is 5.30. The number of rotatable bonds is 5. The fraction of sp³-hybridized carbons (Fsp3) is 0.400. The van der Waals surface area contributed by atoms with Crippen LogP contribution in [0.3, 0.4) is 0 Å². The normalized spacial score (nSPS) is 16.4. The van der Waals surface area contributed by atoms with Crippen molar-refractivity contribution in [1.29, 1.82) is 0 Å². The van der Waals surface area contributed by atoms with E-state index in [0.717, 1.165) is 49.1 Å². The standard InChI is InChI=1S/C20H24N6O/c1-15-23-24-19(26(15)18(14-27)16-6-3-2-4-7-16)17-8-12-25(13-9-17)20-21-10-5-11-22-20/h2-7,10-11,17-18,27H,8-9,12-14H2,1H3. The van der Waals surface area contributed by atoms with E-state index in [2.05, 4.69) is 29.6 Å². The molecule has 0 spiro atoms. The zero-order valence-electron chi connectivity index (χ0n) is 15.4. The summed E-state index contributed by atoms with van der Waals surface area (Å²) in [7, 11) is 0. The molecule has 3 aromatic rings. The molecule has 1 fully saturated rings. The summed E-state index contributed by atoms with van der Waals surface area (Å²) >= 11 is 0. The second-order valence-electron chi connectivity index (χ2n) is 6.89. The largest absolute Gasteiger partial charge is 0.394 e. The Bertz CT molecular complexity index is 859. The average molecular weight is 364 g/mol. The van der Waals surface area contributed by atoms with Crippen LogP contribution < -0.4 is 4.90 Å². The second kappa shape index (κ2) is 7.84. The molecular weight excluding hydrogens is 340 g/mol. The van der Waals surface area contributed by atoms with Gasteiger partial charge in [-0.1, -0.05) is 30.3 Å². The molecule has 4 rings (SSSR count). The fourth-order valence-electron chi connectivity index (χ4n) is 3.85. The van der Waals surface area contributed by atoms with E-state index < -0.39 is 0 Å². The number of nitrogens with zero attached hydrogens (tertiary/aromatic N) is 6. The average Bonchev–Trinajstić information content (AvgIpc) is 3.12. The van der Waals surface area contributed by atoms with Gasteiger partial charge in [-0.3, -0.25) is 0 Å². The van der Waals surface area contributed by atoms with Crippen molar-refractivity contribution < 1.29 is 5.11 Å².